The molecule has 16 heavy (non-hydrogen) atoms. The Hall–Kier alpha value is 0.746. The van der Waals surface area contributed by atoms with E-state index in [-0.39, 0.29) is 57.0 Å². The van der Waals surface area contributed by atoms with Crippen LogP contribution in [-0.4, -0.2) is 29.1 Å². The maximum Gasteiger partial charge on any atom is 2.00 e. The number of para-hydroxylation sites is 1. The van der Waals surface area contributed by atoms with E-state index in [9.17, 15) is 0 Å². The molecule has 0 unspecified atom stereocenters. The molecule has 0 aromatic heterocycles. The van der Waals surface area contributed by atoms with Crippen LogP contribution in [0.3, 0.4) is 0 Å². The van der Waals surface area contributed by atoms with Gasteiger partial charge in [-0.2, -0.15) is 0 Å². The number of benzene rings is 1. The molecule has 1 nitrogen and oxygen atoms in total. The van der Waals surface area contributed by atoms with Gasteiger partial charge in [-0.25, -0.2) is 0 Å². The molecule has 0 saturated heterocycles. The standard InChI is InChI=1S/C12H17N.2BrH.Mg/c1-3-7-11(8-4-1)13-12-9-5-2-6-10-12;;;/h1,3-4,7-8,12-13H,2,5-6,9-10H2;2*1H;/q;;;+2/p-2. The molecule has 0 bridgehead atoms. The first kappa shape index (κ1) is 19.1. The fourth-order valence-electron chi connectivity index (χ4n) is 2.02. The van der Waals surface area contributed by atoms with Crippen molar-refractivity contribution < 1.29 is 34.0 Å². The molecule has 1 aliphatic carbocycles. The number of hydrogen-bond donors (Lipinski definition) is 1. The van der Waals surface area contributed by atoms with E-state index in [4.69, 9.17) is 0 Å². The van der Waals surface area contributed by atoms with Gasteiger partial charge in [0.15, 0.2) is 0 Å². The van der Waals surface area contributed by atoms with Crippen molar-refractivity contribution in [1.82, 2.24) is 0 Å². The minimum atomic E-state index is 0. The molecule has 0 amide bonds. The first-order valence-electron chi connectivity index (χ1n) is 5.27. The molecule has 0 radical (unpaired) electrons. The predicted octanol–water partition coefficient (Wildman–Crippen LogP) is -2.94. The maximum atomic E-state index is 3.58. The summed E-state index contributed by atoms with van der Waals surface area (Å²) in [5, 5.41) is 3.58. The maximum absolute atomic E-state index is 3.58. The fourth-order valence-corrected chi connectivity index (χ4v) is 2.02. The van der Waals surface area contributed by atoms with Gasteiger partial charge in [0.2, 0.25) is 0 Å². The first-order chi connectivity index (χ1) is 6.45. The Morgan fingerprint density at radius 2 is 1.44 bits per heavy atom. The van der Waals surface area contributed by atoms with Crippen molar-refractivity contribution in [3.05, 3.63) is 30.3 Å². The van der Waals surface area contributed by atoms with Gasteiger partial charge in [-0.05, 0) is 25.0 Å². The molecular weight excluding hydrogens is 342 g/mol. The van der Waals surface area contributed by atoms with E-state index in [2.05, 4.69) is 35.6 Å². The van der Waals surface area contributed by atoms with Crippen molar-refractivity contribution in [1.29, 1.82) is 0 Å². The van der Waals surface area contributed by atoms with E-state index in [1.165, 1.54) is 37.8 Å². The molecule has 1 aromatic carbocycles. The summed E-state index contributed by atoms with van der Waals surface area (Å²) in [6, 6.07) is 11.3. The van der Waals surface area contributed by atoms with Crippen LogP contribution in [0.1, 0.15) is 32.1 Å². The monoisotopic (exact) mass is 357 g/mol. The van der Waals surface area contributed by atoms with Crippen LogP contribution in [-0.2, 0) is 0 Å². The summed E-state index contributed by atoms with van der Waals surface area (Å²) in [4.78, 5) is 0. The summed E-state index contributed by atoms with van der Waals surface area (Å²) in [5.41, 5.74) is 1.27. The molecule has 1 aromatic rings. The van der Waals surface area contributed by atoms with Gasteiger partial charge in [0.1, 0.15) is 0 Å². The minimum absolute atomic E-state index is 0. The SMILES string of the molecule is [Br-].[Br-].[Mg+2].c1ccc(NC2CCCCC2)cc1. The summed E-state index contributed by atoms with van der Waals surface area (Å²) >= 11 is 0. The Morgan fingerprint density at radius 3 is 2.00 bits per heavy atom. The Labute approximate surface area is 135 Å². The van der Waals surface area contributed by atoms with Gasteiger partial charge in [0.05, 0.1) is 0 Å². The van der Waals surface area contributed by atoms with E-state index >= 15 is 0 Å². The van der Waals surface area contributed by atoms with Crippen LogP contribution in [0.15, 0.2) is 30.3 Å². The van der Waals surface area contributed by atoms with Crippen LogP contribution in [0.25, 0.3) is 0 Å². The van der Waals surface area contributed by atoms with Gasteiger partial charge < -0.3 is 39.3 Å². The van der Waals surface area contributed by atoms with E-state index in [0.717, 1.165) is 6.04 Å². The molecule has 1 saturated carbocycles. The average Bonchev–Trinajstić information content (AvgIpc) is 2.21. The van der Waals surface area contributed by atoms with Crippen LogP contribution < -0.4 is 39.3 Å². The van der Waals surface area contributed by atoms with Gasteiger partial charge in [-0.1, -0.05) is 37.5 Å². The van der Waals surface area contributed by atoms with Crippen LogP contribution in [0, 0.1) is 0 Å². The molecule has 0 heterocycles. The van der Waals surface area contributed by atoms with Crippen molar-refractivity contribution in [2.24, 2.45) is 0 Å². The van der Waals surface area contributed by atoms with E-state index in [1.807, 2.05) is 0 Å². The third-order valence-corrected chi connectivity index (χ3v) is 2.75. The molecule has 86 valence electrons. The van der Waals surface area contributed by atoms with Gasteiger partial charge in [-0.15, -0.1) is 0 Å². The largest absolute Gasteiger partial charge is 2.00 e. The van der Waals surface area contributed by atoms with E-state index in [1.54, 1.807) is 0 Å². The van der Waals surface area contributed by atoms with Gasteiger partial charge in [-0.3, -0.25) is 0 Å². The van der Waals surface area contributed by atoms with E-state index in [0.29, 0.717) is 0 Å². The van der Waals surface area contributed by atoms with Crippen LogP contribution in [0.5, 0.6) is 0 Å². The van der Waals surface area contributed by atoms with Crippen molar-refractivity contribution in [2.45, 2.75) is 38.1 Å². The number of halogens is 2. The zero-order chi connectivity index (χ0) is 8.93. The summed E-state index contributed by atoms with van der Waals surface area (Å²) in [7, 11) is 0. The normalized spacial score (nSPS) is 15.0. The molecule has 1 aliphatic rings. The molecule has 2 rings (SSSR count). The number of hydrogen-bond acceptors (Lipinski definition) is 1. The van der Waals surface area contributed by atoms with Crippen molar-refractivity contribution >= 4 is 28.7 Å². The molecule has 1 N–H and O–H groups in total. The van der Waals surface area contributed by atoms with Crippen molar-refractivity contribution in [2.75, 3.05) is 5.32 Å². The van der Waals surface area contributed by atoms with E-state index < -0.39 is 0 Å². The molecule has 4 heteroatoms. The smallest absolute Gasteiger partial charge is 1.00 e. The van der Waals surface area contributed by atoms with Gasteiger partial charge in [0, 0.05) is 11.7 Å². The Morgan fingerprint density at radius 1 is 0.875 bits per heavy atom. The molecule has 0 atom stereocenters. The predicted molar refractivity (Wildman–Crippen MR) is 62.7 cm³/mol. The molecule has 1 fully saturated rings. The Balaban J connectivity index is 0. The zero-order valence-corrected chi connectivity index (χ0v) is 14.0. The zero-order valence-electron chi connectivity index (χ0n) is 9.46. The van der Waals surface area contributed by atoms with Gasteiger partial charge in [0.25, 0.3) is 0 Å². The number of rotatable bonds is 2. The van der Waals surface area contributed by atoms with Crippen LogP contribution in [0.2, 0.25) is 0 Å². The summed E-state index contributed by atoms with van der Waals surface area (Å²) in [5.74, 6) is 0. The first-order valence-corrected chi connectivity index (χ1v) is 5.27. The molecular formula is C12H17Br2MgN. The Bertz CT molecular complexity index is 250. The molecule has 0 aliphatic heterocycles. The van der Waals surface area contributed by atoms with Gasteiger partial charge >= 0.3 is 23.1 Å². The topological polar surface area (TPSA) is 12.0 Å². The third-order valence-electron chi connectivity index (χ3n) is 2.75. The number of anilines is 1. The minimum Gasteiger partial charge on any atom is -1.00 e. The summed E-state index contributed by atoms with van der Waals surface area (Å²) in [6.07, 6.45) is 6.89. The summed E-state index contributed by atoms with van der Waals surface area (Å²) < 4.78 is 0. The van der Waals surface area contributed by atoms with Crippen molar-refractivity contribution in [3.8, 4) is 0 Å². The second-order valence-electron chi connectivity index (χ2n) is 3.85. The average molecular weight is 359 g/mol. The van der Waals surface area contributed by atoms with Crippen molar-refractivity contribution in [3.63, 3.8) is 0 Å². The fraction of sp³-hybridized carbons (Fsp3) is 0.500. The van der Waals surface area contributed by atoms with Crippen LogP contribution in [0.4, 0.5) is 5.69 Å². The number of nitrogens with one attached hydrogen (secondary N) is 1. The quantitative estimate of drug-likeness (QED) is 0.558. The second kappa shape index (κ2) is 10.9. The molecule has 0 spiro atoms. The van der Waals surface area contributed by atoms with Crippen LogP contribution >= 0.6 is 0 Å². The summed E-state index contributed by atoms with van der Waals surface area (Å²) in [6.45, 7) is 0. The second-order valence-corrected chi connectivity index (χ2v) is 3.85. The third kappa shape index (κ3) is 6.47. The Kier molecular flexibility index (Phi) is 13.0.